The van der Waals surface area contributed by atoms with Gasteiger partial charge in [0.1, 0.15) is 5.69 Å². The van der Waals surface area contributed by atoms with Gasteiger partial charge in [0.05, 0.1) is 40.6 Å². The van der Waals surface area contributed by atoms with Gasteiger partial charge in [-0.25, -0.2) is 0 Å². The Hall–Kier alpha value is -2.90. The summed E-state index contributed by atoms with van der Waals surface area (Å²) < 4.78 is 1.80. The maximum Gasteiger partial charge on any atom is 0.273 e. The molecular formula is C24H23Cl2N5O2. The van der Waals surface area contributed by atoms with Crippen LogP contribution in [0.1, 0.15) is 57.7 Å². The van der Waals surface area contributed by atoms with E-state index in [9.17, 15) is 9.59 Å². The van der Waals surface area contributed by atoms with Crippen LogP contribution < -0.4 is 0 Å². The number of carbonyl (C=O) groups is 2. The molecule has 0 saturated carbocycles. The van der Waals surface area contributed by atoms with Gasteiger partial charge in [-0.3, -0.25) is 19.3 Å². The highest BCUT2D eigenvalue weighted by Crippen LogP contribution is 2.32. The zero-order valence-electron chi connectivity index (χ0n) is 18.3. The molecule has 0 spiro atoms. The van der Waals surface area contributed by atoms with E-state index in [0.717, 1.165) is 17.0 Å². The van der Waals surface area contributed by atoms with E-state index < -0.39 is 0 Å². The van der Waals surface area contributed by atoms with Crippen molar-refractivity contribution in [1.29, 1.82) is 0 Å². The van der Waals surface area contributed by atoms with Crippen molar-refractivity contribution in [2.45, 2.75) is 45.4 Å². The number of amides is 2. The Balaban J connectivity index is 1.45. The number of hydrogen-bond acceptors (Lipinski definition) is 4. The van der Waals surface area contributed by atoms with E-state index >= 15 is 0 Å². The van der Waals surface area contributed by atoms with Gasteiger partial charge in [0.25, 0.3) is 11.8 Å². The molecule has 0 bridgehead atoms. The van der Waals surface area contributed by atoms with Crippen LogP contribution in [0.3, 0.4) is 0 Å². The SMILES string of the molecule is CC(c1ccccn1)N1CCn2nc3c(c2C1=O)CN(C(=O)c1ccc(Cl)c(Cl)c1)[C@H](C)C3. The highest BCUT2D eigenvalue weighted by molar-refractivity contribution is 6.42. The summed E-state index contributed by atoms with van der Waals surface area (Å²) in [5.74, 6) is -0.224. The predicted octanol–water partition coefficient (Wildman–Crippen LogP) is 4.39. The normalized spacial score (nSPS) is 18.7. The second-order valence-electron chi connectivity index (χ2n) is 8.54. The first-order valence-electron chi connectivity index (χ1n) is 10.9. The number of pyridine rings is 1. The van der Waals surface area contributed by atoms with Crippen LogP contribution >= 0.6 is 23.2 Å². The van der Waals surface area contributed by atoms with Crippen LogP contribution in [0.25, 0.3) is 0 Å². The summed E-state index contributed by atoms with van der Waals surface area (Å²) in [6.45, 7) is 5.48. The summed E-state index contributed by atoms with van der Waals surface area (Å²) in [6.07, 6.45) is 2.33. The van der Waals surface area contributed by atoms with E-state index in [2.05, 4.69) is 4.98 Å². The minimum absolute atomic E-state index is 0.0601. The van der Waals surface area contributed by atoms with Crippen LogP contribution in [0, 0.1) is 0 Å². The Kier molecular flexibility index (Phi) is 5.62. The van der Waals surface area contributed by atoms with E-state index in [4.69, 9.17) is 28.3 Å². The minimum atomic E-state index is -0.158. The molecule has 2 atom stereocenters. The Morgan fingerprint density at radius 3 is 2.70 bits per heavy atom. The number of benzene rings is 1. The molecule has 1 aromatic carbocycles. The lowest BCUT2D eigenvalue weighted by atomic mass is 9.97. The van der Waals surface area contributed by atoms with Gasteiger partial charge in [-0.2, -0.15) is 5.10 Å². The van der Waals surface area contributed by atoms with E-state index in [1.165, 1.54) is 0 Å². The predicted molar refractivity (Wildman–Crippen MR) is 125 cm³/mol. The van der Waals surface area contributed by atoms with Crippen LogP contribution in [0.4, 0.5) is 0 Å². The van der Waals surface area contributed by atoms with Crippen molar-refractivity contribution in [3.63, 3.8) is 0 Å². The van der Waals surface area contributed by atoms with Gasteiger partial charge in [-0.05, 0) is 44.2 Å². The van der Waals surface area contributed by atoms with Gasteiger partial charge in [0, 0.05) is 36.3 Å². The zero-order chi connectivity index (χ0) is 23.3. The minimum Gasteiger partial charge on any atom is -0.331 e. The van der Waals surface area contributed by atoms with Crippen molar-refractivity contribution in [2.24, 2.45) is 0 Å². The van der Waals surface area contributed by atoms with Crippen molar-refractivity contribution in [3.8, 4) is 0 Å². The van der Waals surface area contributed by atoms with Crippen LogP contribution in [-0.2, 0) is 19.5 Å². The van der Waals surface area contributed by atoms with Crippen molar-refractivity contribution in [3.05, 3.63) is 80.8 Å². The number of fused-ring (bicyclic) bond motifs is 3. The molecule has 1 unspecified atom stereocenters. The maximum atomic E-state index is 13.6. The number of hydrogen-bond donors (Lipinski definition) is 0. The molecule has 33 heavy (non-hydrogen) atoms. The highest BCUT2D eigenvalue weighted by Gasteiger charge is 2.38. The standard InChI is InChI=1S/C24H23Cl2N5O2/c1-14-11-21-17(13-30(14)23(32)16-6-7-18(25)19(26)12-16)22-24(33)29(9-10-31(22)28-21)15(2)20-5-3-4-8-27-20/h3-8,12,14-15H,9-11,13H2,1-2H3/t14-,15?/m1/s1. The van der Waals surface area contributed by atoms with Gasteiger partial charge in [-0.15, -0.1) is 0 Å². The molecule has 0 fully saturated rings. The van der Waals surface area contributed by atoms with Crippen molar-refractivity contribution in [1.82, 2.24) is 24.6 Å². The number of carbonyl (C=O) groups excluding carboxylic acids is 2. The average Bonchev–Trinajstić information content (AvgIpc) is 3.18. The van der Waals surface area contributed by atoms with Crippen molar-refractivity contribution >= 4 is 35.0 Å². The van der Waals surface area contributed by atoms with Gasteiger partial charge in [0.2, 0.25) is 0 Å². The molecule has 0 saturated heterocycles. The first kappa shape index (κ1) is 21.9. The molecule has 9 heteroatoms. The number of aromatic nitrogens is 3. The summed E-state index contributed by atoms with van der Waals surface area (Å²) in [4.78, 5) is 34.9. The van der Waals surface area contributed by atoms with Gasteiger partial charge < -0.3 is 9.80 Å². The van der Waals surface area contributed by atoms with E-state index in [1.54, 1.807) is 34.0 Å². The van der Waals surface area contributed by atoms with E-state index in [1.807, 2.05) is 36.9 Å². The third kappa shape index (κ3) is 3.79. The summed E-state index contributed by atoms with van der Waals surface area (Å²) >= 11 is 12.2. The van der Waals surface area contributed by atoms with Gasteiger partial charge in [0.15, 0.2) is 0 Å². The molecule has 0 N–H and O–H groups in total. The molecule has 2 aromatic heterocycles. The lowest BCUT2D eigenvalue weighted by Crippen LogP contribution is -2.44. The fourth-order valence-corrected chi connectivity index (χ4v) is 4.95. The topological polar surface area (TPSA) is 71.3 Å². The Morgan fingerprint density at radius 1 is 1.15 bits per heavy atom. The lowest BCUT2D eigenvalue weighted by molar-refractivity contribution is 0.0602. The third-order valence-corrected chi connectivity index (χ3v) is 7.25. The molecule has 4 heterocycles. The zero-order valence-corrected chi connectivity index (χ0v) is 19.8. The Bertz CT molecular complexity index is 1240. The highest BCUT2D eigenvalue weighted by atomic mass is 35.5. The molecule has 3 aromatic rings. The second-order valence-corrected chi connectivity index (χ2v) is 9.36. The molecule has 2 amide bonds. The van der Waals surface area contributed by atoms with Crippen LogP contribution in [0.15, 0.2) is 42.6 Å². The summed E-state index contributed by atoms with van der Waals surface area (Å²) in [6, 6.07) is 10.4. The average molecular weight is 484 g/mol. The van der Waals surface area contributed by atoms with Crippen molar-refractivity contribution in [2.75, 3.05) is 6.54 Å². The molecule has 0 radical (unpaired) electrons. The Morgan fingerprint density at radius 2 is 1.97 bits per heavy atom. The number of rotatable bonds is 3. The largest absolute Gasteiger partial charge is 0.331 e. The summed E-state index contributed by atoms with van der Waals surface area (Å²) in [7, 11) is 0. The molecule has 2 aliphatic heterocycles. The molecule has 170 valence electrons. The number of halogens is 2. The first-order valence-corrected chi connectivity index (χ1v) is 11.7. The van der Waals surface area contributed by atoms with Gasteiger partial charge >= 0.3 is 0 Å². The van der Waals surface area contributed by atoms with Crippen LogP contribution in [0.2, 0.25) is 10.0 Å². The second kappa shape index (κ2) is 8.47. The van der Waals surface area contributed by atoms with Crippen molar-refractivity contribution < 1.29 is 9.59 Å². The molecule has 0 aliphatic carbocycles. The third-order valence-electron chi connectivity index (χ3n) is 6.51. The lowest BCUT2D eigenvalue weighted by Gasteiger charge is -2.35. The fourth-order valence-electron chi connectivity index (χ4n) is 4.66. The fraction of sp³-hybridized carbons (Fsp3) is 0.333. The molecular weight excluding hydrogens is 461 g/mol. The van der Waals surface area contributed by atoms with Crippen LogP contribution in [-0.4, -0.2) is 49.0 Å². The van der Waals surface area contributed by atoms with E-state index in [0.29, 0.717) is 47.4 Å². The molecule has 5 rings (SSSR count). The first-order chi connectivity index (χ1) is 15.8. The number of nitrogens with zero attached hydrogens (tertiary/aromatic N) is 5. The van der Waals surface area contributed by atoms with Crippen LogP contribution in [0.5, 0.6) is 0 Å². The molecule has 7 nitrogen and oxygen atoms in total. The maximum absolute atomic E-state index is 13.6. The summed E-state index contributed by atoms with van der Waals surface area (Å²) in [5.41, 5.74) is 3.59. The Labute approximate surface area is 201 Å². The van der Waals surface area contributed by atoms with Gasteiger partial charge in [-0.1, -0.05) is 29.3 Å². The quantitative estimate of drug-likeness (QED) is 0.553. The monoisotopic (exact) mass is 483 g/mol. The molecule has 2 aliphatic rings. The smallest absolute Gasteiger partial charge is 0.273 e. The van der Waals surface area contributed by atoms with E-state index in [-0.39, 0.29) is 23.9 Å². The summed E-state index contributed by atoms with van der Waals surface area (Å²) in [5, 5.41) is 5.47.